The Morgan fingerprint density at radius 2 is 2.00 bits per heavy atom. The lowest BCUT2D eigenvalue weighted by atomic mass is 9.83. The molecular weight excluding hydrogens is 239 g/mol. The number of hydrogen-bond acceptors (Lipinski definition) is 2. The summed E-state index contributed by atoms with van der Waals surface area (Å²) in [6.45, 7) is 6.41. The van der Waals surface area contributed by atoms with Gasteiger partial charge in [0.05, 0.1) is 0 Å². The lowest BCUT2D eigenvalue weighted by Gasteiger charge is -2.37. The summed E-state index contributed by atoms with van der Waals surface area (Å²) >= 11 is 0. The van der Waals surface area contributed by atoms with Gasteiger partial charge in [0.1, 0.15) is 5.82 Å². The molecule has 0 spiro atoms. The molecule has 0 radical (unpaired) electrons. The molecule has 0 bridgehead atoms. The van der Waals surface area contributed by atoms with Gasteiger partial charge in [-0.3, -0.25) is 0 Å². The Bertz CT molecular complexity index is 377. The largest absolute Gasteiger partial charge is 0.330 e. The quantitative estimate of drug-likeness (QED) is 0.886. The normalized spacial score (nSPS) is 24.6. The summed E-state index contributed by atoms with van der Waals surface area (Å²) in [6, 6.07) is 6.85. The Kier molecular flexibility index (Phi) is 5.34. The Hall–Kier alpha value is -0.930. The van der Waals surface area contributed by atoms with Crippen molar-refractivity contribution in [1.82, 2.24) is 4.90 Å². The highest BCUT2D eigenvalue weighted by Gasteiger charge is 2.26. The topological polar surface area (TPSA) is 29.3 Å². The first kappa shape index (κ1) is 14.5. The van der Waals surface area contributed by atoms with Crippen molar-refractivity contribution in [1.29, 1.82) is 0 Å². The molecule has 2 nitrogen and oxygen atoms in total. The van der Waals surface area contributed by atoms with E-state index in [1.165, 1.54) is 24.9 Å². The van der Waals surface area contributed by atoms with Crippen LogP contribution in [0.4, 0.5) is 4.39 Å². The van der Waals surface area contributed by atoms with E-state index in [0.29, 0.717) is 5.92 Å². The standard InChI is InChI=1S/C16H25FN2/c1-2-14-8-10-19(12-15(14)11-18)9-7-13-3-5-16(17)6-4-13/h3-6,14-15H,2,7-12,18H2,1H3/t14-,15-/m1/s1. The van der Waals surface area contributed by atoms with Crippen molar-refractivity contribution in [3.63, 3.8) is 0 Å². The van der Waals surface area contributed by atoms with Gasteiger partial charge in [-0.15, -0.1) is 0 Å². The second-order valence-electron chi connectivity index (χ2n) is 5.63. The highest BCUT2D eigenvalue weighted by Crippen LogP contribution is 2.25. The number of likely N-dealkylation sites (tertiary alicyclic amines) is 1. The molecule has 1 aromatic rings. The highest BCUT2D eigenvalue weighted by atomic mass is 19.1. The van der Waals surface area contributed by atoms with Gasteiger partial charge in [0.2, 0.25) is 0 Å². The number of nitrogens with two attached hydrogens (primary N) is 1. The van der Waals surface area contributed by atoms with E-state index in [9.17, 15) is 4.39 Å². The van der Waals surface area contributed by atoms with E-state index >= 15 is 0 Å². The number of rotatable bonds is 5. The Balaban J connectivity index is 1.82. The number of halogens is 1. The molecule has 0 aliphatic carbocycles. The molecule has 1 saturated heterocycles. The summed E-state index contributed by atoms with van der Waals surface area (Å²) in [6.07, 6.45) is 3.50. The SMILES string of the molecule is CC[C@@H]1CCN(CCc2ccc(F)cc2)C[C@H]1CN. The molecule has 0 saturated carbocycles. The third kappa shape index (κ3) is 4.02. The molecule has 2 atom stereocenters. The molecule has 1 aromatic carbocycles. The second-order valence-corrected chi connectivity index (χ2v) is 5.63. The van der Waals surface area contributed by atoms with Crippen LogP contribution in [0.1, 0.15) is 25.3 Å². The Morgan fingerprint density at radius 1 is 1.26 bits per heavy atom. The first-order chi connectivity index (χ1) is 9.22. The molecular formula is C16H25FN2. The molecule has 2 rings (SSSR count). The Labute approximate surface area is 115 Å². The van der Waals surface area contributed by atoms with Crippen LogP contribution < -0.4 is 5.73 Å². The molecule has 0 unspecified atom stereocenters. The first-order valence-electron chi connectivity index (χ1n) is 7.39. The monoisotopic (exact) mass is 264 g/mol. The van der Waals surface area contributed by atoms with Gasteiger partial charge in [-0.2, -0.15) is 0 Å². The van der Waals surface area contributed by atoms with Crippen molar-refractivity contribution in [2.45, 2.75) is 26.2 Å². The van der Waals surface area contributed by atoms with Crippen LogP contribution in [0, 0.1) is 17.7 Å². The molecule has 19 heavy (non-hydrogen) atoms. The van der Waals surface area contributed by atoms with Crippen molar-refractivity contribution in [3.05, 3.63) is 35.6 Å². The third-order valence-electron chi connectivity index (χ3n) is 4.43. The number of hydrogen-bond donors (Lipinski definition) is 1. The zero-order valence-electron chi connectivity index (χ0n) is 11.8. The number of benzene rings is 1. The zero-order chi connectivity index (χ0) is 13.7. The van der Waals surface area contributed by atoms with Crippen molar-refractivity contribution < 1.29 is 4.39 Å². The van der Waals surface area contributed by atoms with Gasteiger partial charge in [-0.25, -0.2) is 4.39 Å². The predicted octanol–water partition coefficient (Wildman–Crippen LogP) is 2.68. The molecule has 1 aliphatic rings. The summed E-state index contributed by atoms with van der Waals surface area (Å²) in [7, 11) is 0. The summed E-state index contributed by atoms with van der Waals surface area (Å²) in [5.41, 5.74) is 7.10. The molecule has 0 amide bonds. The minimum atomic E-state index is -0.157. The third-order valence-corrected chi connectivity index (χ3v) is 4.43. The van der Waals surface area contributed by atoms with E-state index in [4.69, 9.17) is 5.73 Å². The van der Waals surface area contributed by atoms with Gasteiger partial charge in [0.25, 0.3) is 0 Å². The minimum Gasteiger partial charge on any atom is -0.330 e. The van der Waals surface area contributed by atoms with E-state index in [1.54, 1.807) is 12.1 Å². The highest BCUT2D eigenvalue weighted by molar-refractivity contribution is 5.16. The second kappa shape index (κ2) is 7.01. The molecule has 1 heterocycles. The summed E-state index contributed by atoms with van der Waals surface area (Å²) in [5, 5.41) is 0. The fourth-order valence-electron chi connectivity index (χ4n) is 3.10. The number of piperidine rings is 1. The zero-order valence-corrected chi connectivity index (χ0v) is 11.8. The summed E-state index contributed by atoms with van der Waals surface area (Å²) < 4.78 is 12.8. The van der Waals surface area contributed by atoms with Crippen LogP contribution in [0.25, 0.3) is 0 Å². The van der Waals surface area contributed by atoms with Crippen molar-refractivity contribution in [2.24, 2.45) is 17.6 Å². The van der Waals surface area contributed by atoms with Crippen molar-refractivity contribution >= 4 is 0 Å². The van der Waals surface area contributed by atoms with E-state index in [1.807, 2.05) is 12.1 Å². The van der Waals surface area contributed by atoms with Gasteiger partial charge in [-0.05, 0) is 55.5 Å². The van der Waals surface area contributed by atoms with Gasteiger partial charge in [0, 0.05) is 13.1 Å². The molecule has 1 aliphatic heterocycles. The fourth-order valence-corrected chi connectivity index (χ4v) is 3.10. The summed E-state index contributed by atoms with van der Waals surface area (Å²) in [5.74, 6) is 1.29. The van der Waals surface area contributed by atoms with E-state index in [0.717, 1.165) is 32.0 Å². The minimum absolute atomic E-state index is 0.157. The first-order valence-corrected chi connectivity index (χ1v) is 7.39. The fraction of sp³-hybridized carbons (Fsp3) is 0.625. The maximum Gasteiger partial charge on any atom is 0.123 e. The average molecular weight is 264 g/mol. The lowest BCUT2D eigenvalue weighted by Crippen LogP contribution is -2.44. The van der Waals surface area contributed by atoms with Crippen LogP contribution in [-0.2, 0) is 6.42 Å². The average Bonchev–Trinajstić information content (AvgIpc) is 2.46. The molecule has 0 aromatic heterocycles. The van der Waals surface area contributed by atoms with Gasteiger partial charge in [-0.1, -0.05) is 25.5 Å². The molecule has 3 heteroatoms. The smallest absolute Gasteiger partial charge is 0.123 e. The van der Waals surface area contributed by atoms with E-state index in [2.05, 4.69) is 11.8 Å². The van der Waals surface area contributed by atoms with Crippen LogP contribution in [0.3, 0.4) is 0 Å². The Morgan fingerprint density at radius 3 is 2.63 bits per heavy atom. The van der Waals surface area contributed by atoms with Crippen molar-refractivity contribution in [3.8, 4) is 0 Å². The van der Waals surface area contributed by atoms with Gasteiger partial charge < -0.3 is 10.6 Å². The summed E-state index contributed by atoms with van der Waals surface area (Å²) in [4.78, 5) is 2.51. The maximum absolute atomic E-state index is 12.8. The van der Waals surface area contributed by atoms with Crippen LogP contribution >= 0.6 is 0 Å². The van der Waals surface area contributed by atoms with E-state index < -0.39 is 0 Å². The maximum atomic E-state index is 12.8. The number of nitrogens with zero attached hydrogens (tertiary/aromatic N) is 1. The lowest BCUT2D eigenvalue weighted by molar-refractivity contribution is 0.122. The molecule has 106 valence electrons. The van der Waals surface area contributed by atoms with Crippen LogP contribution in [0.5, 0.6) is 0 Å². The van der Waals surface area contributed by atoms with Crippen LogP contribution in [0.15, 0.2) is 24.3 Å². The van der Waals surface area contributed by atoms with Crippen molar-refractivity contribution in [2.75, 3.05) is 26.2 Å². The van der Waals surface area contributed by atoms with Crippen LogP contribution in [0.2, 0.25) is 0 Å². The van der Waals surface area contributed by atoms with Gasteiger partial charge in [0.15, 0.2) is 0 Å². The molecule has 1 fully saturated rings. The molecule has 2 N–H and O–H groups in total. The van der Waals surface area contributed by atoms with E-state index in [-0.39, 0.29) is 5.82 Å². The van der Waals surface area contributed by atoms with Crippen LogP contribution in [-0.4, -0.2) is 31.1 Å². The van der Waals surface area contributed by atoms with Gasteiger partial charge >= 0.3 is 0 Å². The predicted molar refractivity (Wildman–Crippen MR) is 77.5 cm³/mol.